The third kappa shape index (κ3) is 5.59. The summed E-state index contributed by atoms with van der Waals surface area (Å²) in [5, 5.41) is 9.33. The maximum absolute atomic E-state index is 9.33. The molecule has 0 saturated carbocycles. The predicted octanol–water partition coefficient (Wildman–Crippen LogP) is 3.36. The van der Waals surface area contributed by atoms with E-state index >= 15 is 0 Å². The van der Waals surface area contributed by atoms with Gasteiger partial charge >= 0.3 is 0 Å². The van der Waals surface area contributed by atoms with Crippen LogP contribution in [-0.2, 0) is 0 Å². The summed E-state index contributed by atoms with van der Waals surface area (Å²) in [6.45, 7) is 8.86. The van der Waals surface area contributed by atoms with Crippen LogP contribution in [0.2, 0.25) is 0 Å². The van der Waals surface area contributed by atoms with E-state index in [0.29, 0.717) is 5.41 Å². The van der Waals surface area contributed by atoms with Crippen molar-refractivity contribution in [3.05, 3.63) is 0 Å². The molecule has 0 rings (SSSR count). The van der Waals surface area contributed by atoms with E-state index in [-0.39, 0.29) is 6.10 Å². The molecule has 0 heterocycles. The zero-order valence-corrected chi connectivity index (χ0v) is 9.06. The summed E-state index contributed by atoms with van der Waals surface area (Å²) in [6.07, 6.45) is 5.43. The molecule has 0 saturated heterocycles. The minimum atomic E-state index is -0.0716. The molecule has 0 aliphatic carbocycles. The fourth-order valence-electron chi connectivity index (χ4n) is 1.20. The van der Waals surface area contributed by atoms with Crippen LogP contribution in [0.15, 0.2) is 0 Å². The van der Waals surface area contributed by atoms with Gasteiger partial charge in [0, 0.05) is 0 Å². The summed E-state index contributed by atoms with van der Waals surface area (Å²) in [7, 11) is 0. The highest BCUT2D eigenvalue weighted by atomic mass is 16.3. The molecule has 1 nitrogen and oxygen atoms in total. The fraction of sp³-hybridized carbons (Fsp3) is 1.00. The van der Waals surface area contributed by atoms with Crippen LogP contribution in [0.3, 0.4) is 0 Å². The summed E-state index contributed by atoms with van der Waals surface area (Å²) in [4.78, 5) is 0. The minimum Gasteiger partial charge on any atom is -0.393 e. The van der Waals surface area contributed by atoms with Gasteiger partial charge in [-0.25, -0.2) is 0 Å². The number of rotatable bonds is 6. The van der Waals surface area contributed by atoms with Crippen molar-refractivity contribution in [2.24, 2.45) is 5.41 Å². The summed E-state index contributed by atoms with van der Waals surface area (Å²) in [5.41, 5.74) is 0.466. The van der Waals surface area contributed by atoms with E-state index < -0.39 is 0 Å². The summed E-state index contributed by atoms with van der Waals surface area (Å²) >= 11 is 0. The van der Waals surface area contributed by atoms with Crippen molar-refractivity contribution in [1.82, 2.24) is 0 Å². The quantitative estimate of drug-likeness (QED) is 0.651. The van der Waals surface area contributed by atoms with E-state index in [4.69, 9.17) is 0 Å². The van der Waals surface area contributed by atoms with Gasteiger partial charge in [-0.2, -0.15) is 0 Å². The Bertz CT molecular complexity index is 108. The zero-order valence-electron chi connectivity index (χ0n) is 9.06. The van der Waals surface area contributed by atoms with Gasteiger partial charge in [-0.3, -0.25) is 0 Å². The molecule has 0 radical (unpaired) electrons. The van der Waals surface area contributed by atoms with E-state index in [1.807, 2.05) is 6.92 Å². The summed E-state index contributed by atoms with van der Waals surface area (Å²) in [5.74, 6) is 0. The van der Waals surface area contributed by atoms with E-state index in [1.54, 1.807) is 0 Å². The van der Waals surface area contributed by atoms with Gasteiger partial charge in [0.05, 0.1) is 6.10 Å². The third-order valence-electron chi connectivity index (χ3n) is 2.82. The maximum atomic E-state index is 9.33. The molecule has 0 amide bonds. The standard InChI is InChI=1S/C11H24O/c1-5-10(12)8-7-9-11(3,4)6-2/h10,12H,5-9H2,1-4H3/t10-/m0/s1. The highest BCUT2D eigenvalue weighted by Gasteiger charge is 2.14. The molecule has 0 aliphatic heterocycles. The topological polar surface area (TPSA) is 20.2 Å². The van der Waals surface area contributed by atoms with Gasteiger partial charge in [-0.1, -0.05) is 40.5 Å². The molecular weight excluding hydrogens is 148 g/mol. The molecule has 0 aromatic carbocycles. The van der Waals surface area contributed by atoms with Gasteiger partial charge in [-0.15, -0.1) is 0 Å². The van der Waals surface area contributed by atoms with Crippen LogP contribution in [0, 0.1) is 5.41 Å². The molecule has 1 atom stereocenters. The molecule has 0 aromatic rings. The van der Waals surface area contributed by atoms with Crippen molar-refractivity contribution in [2.45, 2.75) is 65.9 Å². The van der Waals surface area contributed by atoms with Crippen LogP contribution < -0.4 is 0 Å². The average molecular weight is 172 g/mol. The molecule has 0 spiro atoms. The lowest BCUT2D eigenvalue weighted by Crippen LogP contribution is -2.11. The van der Waals surface area contributed by atoms with E-state index in [2.05, 4.69) is 20.8 Å². The lowest BCUT2D eigenvalue weighted by atomic mass is 9.84. The molecule has 1 N–H and O–H groups in total. The first-order valence-corrected chi connectivity index (χ1v) is 5.20. The Morgan fingerprint density at radius 2 is 1.83 bits per heavy atom. The molecule has 0 unspecified atom stereocenters. The predicted molar refractivity (Wildman–Crippen MR) is 54.2 cm³/mol. The van der Waals surface area contributed by atoms with E-state index in [1.165, 1.54) is 12.8 Å². The lowest BCUT2D eigenvalue weighted by Gasteiger charge is -2.22. The van der Waals surface area contributed by atoms with Crippen molar-refractivity contribution < 1.29 is 5.11 Å². The molecule has 0 aliphatic rings. The normalized spacial score (nSPS) is 14.8. The Balaban J connectivity index is 3.42. The molecule has 0 bridgehead atoms. The SMILES string of the molecule is CC[C@H](O)CCCC(C)(C)CC. The van der Waals surface area contributed by atoms with Crippen LogP contribution in [0.4, 0.5) is 0 Å². The second-order valence-electron chi connectivity index (χ2n) is 4.47. The Morgan fingerprint density at radius 3 is 2.25 bits per heavy atom. The van der Waals surface area contributed by atoms with Crippen molar-refractivity contribution in [1.29, 1.82) is 0 Å². The van der Waals surface area contributed by atoms with Crippen LogP contribution in [-0.4, -0.2) is 11.2 Å². The Morgan fingerprint density at radius 1 is 1.25 bits per heavy atom. The van der Waals surface area contributed by atoms with Crippen LogP contribution in [0.1, 0.15) is 59.8 Å². The second kappa shape index (κ2) is 5.58. The monoisotopic (exact) mass is 172 g/mol. The molecule has 12 heavy (non-hydrogen) atoms. The van der Waals surface area contributed by atoms with Gasteiger partial charge in [0.2, 0.25) is 0 Å². The Labute approximate surface area is 77.2 Å². The van der Waals surface area contributed by atoms with Crippen LogP contribution in [0.25, 0.3) is 0 Å². The van der Waals surface area contributed by atoms with Gasteiger partial charge in [-0.05, 0) is 24.7 Å². The molecule has 1 heteroatoms. The third-order valence-corrected chi connectivity index (χ3v) is 2.82. The first-order chi connectivity index (χ1) is 5.52. The molecular formula is C11H24O. The van der Waals surface area contributed by atoms with Gasteiger partial charge in [0.1, 0.15) is 0 Å². The first-order valence-electron chi connectivity index (χ1n) is 5.20. The first kappa shape index (κ1) is 12.0. The van der Waals surface area contributed by atoms with Crippen LogP contribution in [0.5, 0.6) is 0 Å². The van der Waals surface area contributed by atoms with E-state index in [9.17, 15) is 5.11 Å². The number of hydrogen-bond acceptors (Lipinski definition) is 1. The zero-order chi connectivity index (χ0) is 9.61. The average Bonchev–Trinajstić information content (AvgIpc) is 2.04. The van der Waals surface area contributed by atoms with Crippen molar-refractivity contribution in [3.63, 3.8) is 0 Å². The van der Waals surface area contributed by atoms with Crippen molar-refractivity contribution in [2.75, 3.05) is 0 Å². The minimum absolute atomic E-state index is 0.0716. The van der Waals surface area contributed by atoms with Gasteiger partial charge in [0.25, 0.3) is 0 Å². The smallest absolute Gasteiger partial charge is 0.0537 e. The summed E-state index contributed by atoms with van der Waals surface area (Å²) < 4.78 is 0. The van der Waals surface area contributed by atoms with Gasteiger partial charge in [0.15, 0.2) is 0 Å². The molecule has 0 aromatic heterocycles. The number of aliphatic hydroxyl groups is 1. The van der Waals surface area contributed by atoms with Gasteiger partial charge < -0.3 is 5.11 Å². The number of hydrogen-bond donors (Lipinski definition) is 1. The fourth-order valence-corrected chi connectivity index (χ4v) is 1.20. The largest absolute Gasteiger partial charge is 0.393 e. The molecule has 74 valence electrons. The van der Waals surface area contributed by atoms with E-state index in [0.717, 1.165) is 19.3 Å². The summed E-state index contributed by atoms with van der Waals surface area (Å²) in [6, 6.07) is 0. The lowest BCUT2D eigenvalue weighted by molar-refractivity contribution is 0.150. The van der Waals surface area contributed by atoms with Crippen LogP contribution >= 0.6 is 0 Å². The highest BCUT2D eigenvalue weighted by molar-refractivity contribution is 4.67. The van der Waals surface area contributed by atoms with Crippen molar-refractivity contribution in [3.8, 4) is 0 Å². The number of aliphatic hydroxyl groups excluding tert-OH is 1. The maximum Gasteiger partial charge on any atom is 0.0537 e. The van der Waals surface area contributed by atoms with Crippen molar-refractivity contribution >= 4 is 0 Å². The highest BCUT2D eigenvalue weighted by Crippen LogP contribution is 2.27. The second-order valence-corrected chi connectivity index (χ2v) is 4.47. The Hall–Kier alpha value is -0.0400. The Kier molecular flexibility index (Phi) is 5.56. The molecule has 0 fully saturated rings.